The Kier molecular flexibility index (Phi) is 3.23. The van der Waals surface area contributed by atoms with Gasteiger partial charge in [-0.25, -0.2) is 0 Å². The first-order chi connectivity index (χ1) is 6.19. The van der Waals surface area contributed by atoms with Crippen molar-refractivity contribution < 1.29 is 4.74 Å². The van der Waals surface area contributed by atoms with Crippen LogP contribution in [-0.2, 0) is 6.42 Å². The fourth-order valence-corrected chi connectivity index (χ4v) is 1.16. The van der Waals surface area contributed by atoms with Gasteiger partial charge in [-0.1, -0.05) is 20.8 Å². The smallest absolute Gasteiger partial charge is 0.144 e. The lowest BCUT2D eigenvalue weighted by Crippen LogP contribution is -2.02. The number of methoxy groups -OCH3 is 1. The molecule has 0 radical (unpaired) electrons. The fraction of sp³-hybridized carbons (Fsp3) is 0.600. The van der Waals surface area contributed by atoms with Crippen LogP contribution in [0.3, 0.4) is 0 Å². The Morgan fingerprint density at radius 2 is 2.08 bits per heavy atom. The second-order valence-electron chi connectivity index (χ2n) is 3.30. The second kappa shape index (κ2) is 4.21. The number of hydrogen-bond donors (Lipinski definition) is 0. The summed E-state index contributed by atoms with van der Waals surface area (Å²) >= 11 is 0. The molecule has 3 heteroatoms. The molecule has 1 heterocycles. The molecule has 0 unspecified atom stereocenters. The molecule has 0 aliphatic rings. The number of nitrogens with zero attached hydrogens (tertiary/aromatic N) is 2. The maximum absolute atomic E-state index is 5.25. The summed E-state index contributed by atoms with van der Waals surface area (Å²) in [5.41, 5.74) is 1.90. The van der Waals surface area contributed by atoms with Crippen LogP contribution in [0.2, 0.25) is 0 Å². The average Bonchev–Trinajstić information content (AvgIpc) is 2.16. The topological polar surface area (TPSA) is 35.0 Å². The Labute approximate surface area is 79.1 Å². The molecule has 0 fully saturated rings. The standard InChI is InChI=1S/C10H16N2O/c1-5-8-6-9(13-4)10(7(2)3)12-11-8/h6-7H,5H2,1-4H3. The molecule has 0 amide bonds. The van der Waals surface area contributed by atoms with Crippen LogP contribution in [0.15, 0.2) is 6.07 Å². The van der Waals surface area contributed by atoms with E-state index < -0.39 is 0 Å². The fourth-order valence-electron chi connectivity index (χ4n) is 1.16. The SMILES string of the molecule is CCc1cc(OC)c(C(C)C)nn1. The highest BCUT2D eigenvalue weighted by Gasteiger charge is 2.10. The van der Waals surface area contributed by atoms with Crippen molar-refractivity contribution in [3.63, 3.8) is 0 Å². The van der Waals surface area contributed by atoms with Gasteiger partial charge in [-0.15, -0.1) is 0 Å². The number of aromatic nitrogens is 2. The molecular weight excluding hydrogens is 164 g/mol. The van der Waals surface area contributed by atoms with Gasteiger partial charge in [-0.05, 0) is 6.42 Å². The van der Waals surface area contributed by atoms with E-state index in [1.54, 1.807) is 7.11 Å². The van der Waals surface area contributed by atoms with Crippen molar-refractivity contribution >= 4 is 0 Å². The molecule has 0 saturated carbocycles. The van der Waals surface area contributed by atoms with Crippen molar-refractivity contribution in [2.24, 2.45) is 0 Å². The van der Waals surface area contributed by atoms with Gasteiger partial charge in [-0.3, -0.25) is 0 Å². The Bertz CT molecular complexity index is 284. The summed E-state index contributed by atoms with van der Waals surface area (Å²) in [6.07, 6.45) is 0.891. The summed E-state index contributed by atoms with van der Waals surface area (Å²) in [6.45, 7) is 6.22. The molecule has 0 N–H and O–H groups in total. The largest absolute Gasteiger partial charge is 0.495 e. The first kappa shape index (κ1) is 9.96. The highest BCUT2D eigenvalue weighted by molar-refractivity contribution is 5.30. The summed E-state index contributed by atoms with van der Waals surface area (Å²) in [6, 6.07) is 1.96. The van der Waals surface area contributed by atoms with Gasteiger partial charge in [0.1, 0.15) is 11.4 Å². The molecule has 1 aromatic heterocycles. The molecule has 0 aromatic carbocycles. The Hall–Kier alpha value is -1.12. The van der Waals surface area contributed by atoms with Crippen LogP contribution in [0.1, 0.15) is 38.1 Å². The van der Waals surface area contributed by atoms with E-state index in [0.29, 0.717) is 5.92 Å². The van der Waals surface area contributed by atoms with Crippen LogP contribution in [-0.4, -0.2) is 17.3 Å². The zero-order valence-electron chi connectivity index (χ0n) is 8.66. The highest BCUT2D eigenvalue weighted by Crippen LogP contribution is 2.23. The predicted molar refractivity (Wildman–Crippen MR) is 52.1 cm³/mol. The Balaban J connectivity index is 3.08. The lowest BCUT2D eigenvalue weighted by Gasteiger charge is -2.09. The van der Waals surface area contributed by atoms with E-state index in [1.807, 2.05) is 6.07 Å². The molecular formula is C10H16N2O. The van der Waals surface area contributed by atoms with E-state index in [1.165, 1.54) is 0 Å². The summed E-state index contributed by atoms with van der Waals surface area (Å²) < 4.78 is 5.25. The lowest BCUT2D eigenvalue weighted by atomic mass is 10.1. The van der Waals surface area contributed by atoms with E-state index in [9.17, 15) is 0 Å². The van der Waals surface area contributed by atoms with Gasteiger partial charge in [0.2, 0.25) is 0 Å². The summed E-state index contributed by atoms with van der Waals surface area (Å²) in [5.74, 6) is 1.20. The number of hydrogen-bond acceptors (Lipinski definition) is 3. The number of ether oxygens (including phenoxy) is 1. The molecule has 0 aliphatic carbocycles. The van der Waals surface area contributed by atoms with Crippen LogP contribution < -0.4 is 4.74 Å². The van der Waals surface area contributed by atoms with Gasteiger partial charge in [0, 0.05) is 12.0 Å². The van der Waals surface area contributed by atoms with Crippen molar-refractivity contribution in [3.05, 3.63) is 17.5 Å². The summed E-state index contributed by atoms with van der Waals surface area (Å²) in [7, 11) is 1.67. The molecule has 3 nitrogen and oxygen atoms in total. The zero-order valence-corrected chi connectivity index (χ0v) is 8.66. The van der Waals surface area contributed by atoms with Crippen molar-refractivity contribution in [1.29, 1.82) is 0 Å². The average molecular weight is 180 g/mol. The predicted octanol–water partition coefficient (Wildman–Crippen LogP) is 2.17. The number of aryl methyl sites for hydroxylation is 1. The third-order valence-electron chi connectivity index (χ3n) is 1.97. The van der Waals surface area contributed by atoms with Crippen molar-refractivity contribution in [2.75, 3.05) is 7.11 Å². The van der Waals surface area contributed by atoms with Crippen molar-refractivity contribution in [1.82, 2.24) is 10.2 Å². The lowest BCUT2D eigenvalue weighted by molar-refractivity contribution is 0.401. The van der Waals surface area contributed by atoms with Gasteiger partial charge in [0.05, 0.1) is 12.8 Å². The second-order valence-corrected chi connectivity index (χ2v) is 3.30. The van der Waals surface area contributed by atoms with Crippen LogP contribution in [0.25, 0.3) is 0 Å². The molecule has 1 aromatic rings. The molecule has 0 aliphatic heterocycles. The van der Waals surface area contributed by atoms with E-state index in [-0.39, 0.29) is 0 Å². The van der Waals surface area contributed by atoms with Gasteiger partial charge in [0.15, 0.2) is 0 Å². The Morgan fingerprint density at radius 3 is 2.54 bits per heavy atom. The Morgan fingerprint density at radius 1 is 1.38 bits per heavy atom. The first-order valence-electron chi connectivity index (χ1n) is 4.59. The third-order valence-corrected chi connectivity index (χ3v) is 1.97. The summed E-state index contributed by atoms with van der Waals surface area (Å²) in [5, 5.41) is 8.24. The maximum Gasteiger partial charge on any atom is 0.144 e. The van der Waals surface area contributed by atoms with Crippen molar-refractivity contribution in [3.8, 4) is 5.75 Å². The van der Waals surface area contributed by atoms with Crippen LogP contribution in [0.4, 0.5) is 0 Å². The molecule has 13 heavy (non-hydrogen) atoms. The third kappa shape index (κ3) is 2.17. The minimum Gasteiger partial charge on any atom is -0.495 e. The molecule has 0 spiro atoms. The van der Waals surface area contributed by atoms with E-state index >= 15 is 0 Å². The first-order valence-corrected chi connectivity index (χ1v) is 4.59. The van der Waals surface area contributed by atoms with E-state index in [0.717, 1.165) is 23.6 Å². The van der Waals surface area contributed by atoms with Crippen molar-refractivity contribution in [2.45, 2.75) is 33.1 Å². The number of rotatable bonds is 3. The molecule has 1 rings (SSSR count). The van der Waals surface area contributed by atoms with Gasteiger partial charge < -0.3 is 4.74 Å². The normalized spacial score (nSPS) is 10.5. The highest BCUT2D eigenvalue weighted by atomic mass is 16.5. The van der Waals surface area contributed by atoms with Gasteiger partial charge in [0.25, 0.3) is 0 Å². The van der Waals surface area contributed by atoms with Gasteiger partial charge >= 0.3 is 0 Å². The molecule has 0 atom stereocenters. The van der Waals surface area contributed by atoms with E-state index in [2.05, 4.69) is 31.0 Å². The molecule has 0 bridgehead atoms. The minimum absolute atomic E-state index is 0.355. The monoisotopic (exact) mass is 180 g/mol. The quantitative estimate of drug-likeness (QED) is 0.715. The summed E-state index contributed by atoms with van der Waals surface area (Å²) in [4.78, 5) is 0. The van der Waals surface area contributed by atoms with Crippen LogP contribution in [0.5, 0.6) is 5.75 Å². The minimum atomic E-state index is 0.355. The molecule has 72 valence electrons. The van der Waals surface area contributed by atoms with Crippen LogP contribution in [0, 0.1) is 0 Å². The van der Waals surface area contributed by atoms with E-state index in [4.69, 9.17) is 4.74 Å². The molecule has 0 saturated heterocycles. The maximum atomic E-state index is 5.25. The van der Waals surface area contributed by atoms with Crippen LogP contribution >= 0.6 is 0 Å². The zero-order chi connectivity index (χ0) is 9.84. The van der Waals surface area contributed by atoms with Gasteiger partial charge in [-0.2, -0.15) is 10.2 Å².